The lowest BCUT2D eigenvalue weighted by Crippen LogP contribution is -2.30. The molecule has 4 aromatic rings. The average molecular weight is 509 g/mol. The van der Waals surface area contributed by atoms with Gasteiger partial charge in [0.05, 0.1) is 22.4 Å². The van der Waals surface area contributed by atoms with Gasteiger partial charge in [-0.25, -0.2) is 14.1 Å². The third-order valence-corrected chi connectivity index (χ3v) is 5.42. The molecule has 0 aliphatic carbocycles. The number of hydrogen-bond donors (Lipinski definition) is 4. The molecule has 0 aliphatic heterocycles. The summed E-state index contributed by atoms with van der Waals surface area (Å²) in [5.41, 5.74) is 6.65. The van der Waals surface area contributed by atoms with Crippen LogP contribution in [-0.4, -0.2) is 44.3 Å². The second kappa shape index (κ2) is 10.5. The molecule has 4 rings (SSSR count). The first-order valence-corrected chi connectivity index (χ1v) is 11.3. The number of pyridine rings is 1. The Kier molecular flexibility index (Phi) is 7.28. The van der Waals surface area contributed by atoms with Gasteiger partial charge in [0.2, 0.25) is 0 Å². The number of aliphatic hydroxyl groups excluding tert-OH is 1. The molecule has 0 saturated carbocycles. The Labute approximate surface area is 210 Å². The van der Waals surface area contributed by atoms with Crippen LogP contribution < -0.4 is 16.4 Å². The van der Waals surface area contributed by atoms with E-state index in [0.717, 1.165) is 0 Å². The first kappa shape index (κ1) is 24.8. The third-order valence-electron chi connectivity index (χ3n) is 5.09. The number of aliphatic hydroxyl groups is 1. The molecule has 0 fully saturated rings. The molecule has 9 nitrogen and oxygen atoms in total. The molecule has 36 heavy (non-hydrogen) atoms. The van der Waals surface area contributed by atoms with Gasteiger partial charge < -0.3 is 21.5 Å². The summed E-state index contributed by atoms with van der Waals surface area (Å²) in [6.07, 6.45) is -0.738. The minimum Gasteiger partial charge on any atom is -0.392 e. The van der Waals surface area contributed by atoms with Crippen molar-refractivity contribution in [2.45, 2.75) is 13.0 Å². The molecule has 2 amide bonds. The average Bonchev–Trinajstić information content (AvgIpc) is 3.28. The van der Waals surface area contributed by atoms with Gasteiger partial charge in [-0.05, 0) is 43.3 Å². The molecular weight excluding hydrogens is 487 g/mol. The number of amides is 2. The summed E-state index contributed by atoms with van der Waals surface area (Å²) >= 11 is 6.29. The maximum absolute atomic E-state index is 14.4. The highest BCUT2D eigenvalue weighted by molar-refractivity contribution is 6.34. The number of benzene rings is 2. The van der Waals surface area contributed by atoms with E-state index in [1.165, 1.54) is 48.0 Å². The van der Waals surface area contributed by atoms with Crippen molar-refractivity contribution in [3.05, 3.63) is 88.8 Å². The molecule has 1 atom stereocenters. The summed E-state index contributed by atoms with van der Waals surface area (Å²) in [5.74, 6) is -1.42. The molecule has 184 valence electrons. The normalized spacial score (nSPS) is 11.7. The monoisotopic (exact) mass is 508 g/mol. The summed E-state index contributed by atoms with van der Waals surface area (Å²) in [5, 5.41) is 19.2. The van der Waals surface area contributed by atoms with Crippen LogP contribution in [0.3, 0.4) is 0 Å². The molecule has 11 heteroatoms. The van der Waals surface area contributed by atoms with Crippen molar-refractivity contribution in [3.8, 4) is 16.9 Å². The first-order chi connectivity index (χ1) is 17.2. The Hall–Kier alpha value is -4.28. The third kappa shape index (κ3) is 5.51. The minimum absolute atomic E-state index is 0.0212. The molecule has 2 heterocycles. The van der Waals surface area contributed by atoms with Crippen molar-refractivity contribution >= 4 is 35.1 Å². The number of anilines is 2. The Balaban J connectivity index is 1.69. The molecular formula is C25H22ClFN6O3. The van der Waals surface area contributed by atoms with Crippen LogP contribution in [0.4, 0.5) is 16.0 Å². The summed E-state index contributed by atoms with van der Waals surface area (Å²) in [6, 6.07) is 17.2. The molecule has 5 N–H and O–H groups in total. The minimum atomic E-state index is -0.738. The summed E-state index contributed by atoms with van der Waals surface area (Å²) < 4.78 is 15.7. The standard InChI is InChI=1S/C25H22ClFN6O3/c1-14(34)13-29-25(36)20-12-22(33(32-20)16-5-3-2-4-6-16)31-24(35)17-11-15(7-8-18(17)26)23-19(27)9-10-21(28)30-23/h2-12,14,34H,13H2,1H3,(H2,28,30)(H,29,36)(H,31,35)/t14-/m0/s1. The number of carbonyl (C=O) groups is 2. The Bertz CT molecular complexity index is 1420. The van der Waals surface area contributed by atoms with Crippen LogP contribution in [0.15, 0.2) is 66.7 Å². The van der Waals surface area contributed by atoms with Crippen molar-refractivity contribution in [1.29, 1.82) is 0 Å². The fraction of sp³-hybridized carbons (Fsp3) is 0.120. The van der Waals surface area contributed by atoms with Gasteiger partial charge in [0, 0.05) is 18.2 Å². The van der Waals surface area contributed by atoms with E-state index in [1.54, 1.807) is 24.3 Å². The lowest BCUT2D eigenvalue weighted by atomic mass is 10.1. The maximum atomic E-state index is 14.4. The predicted molar refractivity (Wildman–Crippen MR) is 135 cm³/mol. The zero-order valence-electron chi connectivity index (χ0n) is 19.1. The van der Waals surface area contributed by atoms with Gasteiger partial charge in [-0.15, -0.1) is 0 Å². The number of nitrogens with two attached hydrogens (primary N) is 1. The van der Waals surface area contributed by atoms with Gasteiger partial charge in [0.25, 0.3) is 11.8 Å². The van der Waals surface area contributed by atoms with Crippen LogP contribution in [0.25, 0.3) is 16.9 Å². The second-order valence-electron chi connectivity index (χ2n) is 7.94. The summed E-state index contributed by atoms with van der Waals surface area (Å²) in [6.45, 7) is 1.58. The summed E-state index contributed by atoms with van der Waals surface area (Å²) in [4.78, 5) is 29.8. The van der Waals surface area contributed by atoms with E-state index in [9.17, 15) is 19.1 Å². The molecule has 0 aliphatic rings. The largest absolute Gasteiger partial charge is 0.392 e. The zero-order chi connectivity index (χ0) is 25.8. The molecule has 0 radical (unpaired) electrons. The van der Waals surface area contributed by atoms with Crippen molar-refractivity contribution < 1.29 is 19.1 Å². The van der Waals surface area contributed by atoms with Crippen LogP contribution in [-0.2, 0) is 0 Å². The number of hydrogen-bond acceptors (Lipinski definition) is 6. The van der Waals surface area contributed by atoms with Crippen molar-refractivity contribution in [2.24, 2.45) is 0 Å². The lowest BCUT2D eigenvalue weighted by molar-refractivity contribution is 0.0918. The van der Waals surface area contributed by atoms with Crippen LogP contribution in [0.1, 0.15) is 27.8 Å². The number of aromatic nitrogens is 3. The van der Waals surface area contributed by atoms with Gasteiger partial charge in [-0.1, -0.05) is 35.9 Å². The second-order valence-corrected chi connectivity index (χ2v) is 8.34. The zero-order valence-corrected chi connectivity index (χ0v) is 19.8. The Morgan fingerprint density at radius 2 is 1.86 bits per heavy atom. The molecule has 2 aromatic heterocycles. The predicted octanol–water partition coefficient (Wildman–Crippen LogP) is 3.67. The number of nitrogens with one attached hydrogen (secondary N) is 2. The van der Waals surface area contributed by atoms with Crippen LogP contribution in [0.5, 0.6) is 0 Å². The number of halogens is 2. The highest BCUT2D eigenvalue weighted by Crippen LogP contribution is 2.28. The van der Waals surface area contributed by atoms with E-state index < -0.39 is 23.7 Å². The quantitative estimate of drug-likeness (QED) is 0.301. The van der Waals surface area contributed by atoms with E-state index >= 15 is 0 Å². The van der Waals surface area contributed by atoms with Gasteiger partial charge in [0.1, 0.15) is 23.1 Å². The smallest absolute Gasteiger partial charge is 0.271 e. The number of nitrogens with zero attached hydrogens (tertiary/aromatic N) is 3. The fourth-order valence-electron chi connectivity index (χ4n) is 3.37. The van der Waals surface area contributed by atoms with E-state index in [0.29, 0.717) is 11.3 Å². The van der Waals surface area contributed by atoms with E-state index in [1.807, 2.05) is 6.07 Å². The van der Waals surface area contributed by atoms with Gasteiger partial charge in [-0.3, -0.25) is 9.59 Å². The topological polar surface area (TPSA) is 135 Å². The van der Waals surface area contributed by atoms with Crippen molar-refractivity contribution in [1.82, 2.24) is 20.1 Å². The highest BCUT2D eigenvalue weighted by atomic mass is 35.5. The number of para-hydroxylation sites is 1. The van der Waals surface area contributed by atoms with Crippen LogP contribution >= 0.6 is 11.6 Å². The van der Waals surface area contributed by atoms with Gasteiger partial charge >= 0.3 is 0 Å². The number of rotatable bonds is 7. The number of carbonyl (C=O) groups excluding carboxylic acids is 2. The van der Waals surface area contributed by atoms with E-state index in [4.69, 9.17) is 17.3 Å². The molecule has 0 unspecified atom stereocenters. The fourth-order valence-corrected chi connectivity index (χ4v) is 3.57. The van der Waals surface area contributed by atoms with Crippen molar-refractivity contribution in [2.75, 3.05) is 17.6 Å². The van der Waals surface area contributed by atoms with Crippen LogP contribution in [0, 0.1) is 5.82 Å². The molecule has 0 saturated heterocycles. The van der Waals surface area contributed by atoms with E-state index in [-0.39, 0.29) is 40.2 Å². The van der Waals surface area contributed by atoms with Crippen LogP contribution in [0.2, 0.25) is 5.02 Å². The van der Waals surface area contributed by atoms with Gasteiger partial charge in [-0.2, -0.15) is 5.10 Å². The van der Waals surface area contributed by atoms with Gasteiger partial charge in [0.15, 0.2) is 5.69 Å². The number of nitrogen functional groups attached to an aromatic ring is 1. The molecule has 0 spiro atoms. The SMILES string of the molecule is C[C@H](O)CNC(=O)c1cc(NC(=O)c2cc(-c3nc(N)ccc3F)ccc2Cl)n(-c2ccccc2)n1. The Morgan fingerprint density at radius 1 is 1.11 bits per heavy atom. The maximum Gasteiger partial charge on any atom is 0.271 e. The van der Waals surface area contributed by atoms with E-state index in [2.05, 4.69) is 20.7 Å². The molecule has 0 bridgehead atoms. The highest BCUT2D eigenvalue weighted by Gasteiger charge is 2.20. The lowest BCUT2D eigenvalue weighted by Gasteiger charge is -2.11. The molecule has 2 aromatic carbocycles. The first-order valence-electron chi connectivity index (χ1n) is 10.9. The summed E-state index contributed by atoms with van der Waals surface area (Å²) in [7, 11) is 0. The Morgan fingerprint density at radius 3 is 2.58 bits per heavy atom. The van der Waals surface area contributed by atoms with Crippen molar-refractivity contribution in [3.63, 3.8) is 0 Å².